The van der Waals surface area contributed by atoms with E-state index in [4.69, 9.17) is 27.7 Å². The van der Waals surface area contributed by atoms with Crippen LogP contribution in [0.15, 0.2) is 16.7 Å². The van der Waals surface area contributed by atoms with Crippen LogP contribution in [-0.2, 0) is 5.67 Å². The van der Waals surface area contributed by atoms with Crippen LogP contribution in [0.5, 0.6) is 0 Å². The molecule has 2 nitrogen and oxygen atoms in total. The molecule has 5 heteroatoms. The Hall–Kier alpha value is -1.06. The van der Waals surface area contributed by atoms with Gasteiger partial charge in [-0.1, -0.05) is 28.4 Å². The summed E-state index contributed by atoms with van der Waals surface area (Å²) in [7, 11) is 0. The van der Waals surface area contributed by atoms with Crippen molar-refractivity contribution in [1.29, 1.82) is 0 Å². The molecular formula is C14H14Cl2FNO. The maximum Gasteiger partial charge on any atom is 0.176 e. The van der Waals surface area contributed by atoms with Crippen molar-refractivity contribution in [3.8, 4) is 11.3 Å². The van der Waals surface area contributed by atoms with Crippen molar-refractivity contribution < 1.29 is 8.91 Å². The molecule has 1 aromatic heterocycles. The summed E-state index contributed by atoms with van der Waals surface area (Å²) in [6.07, 6.45) is 0. The Kier molecular flexibility index (Phi) is 3.63. The van der Waals surface area contributed by atoms with E-state index in [1.165, 1.54) is 13.8 Å². The van der Waals surface area contributed by atoms with Crippen molar-refractivity contribution in [2.75, 3.05) is 0 Å². The lowest BCUT2D eigenvalue weighted by molar-refractivity contribution is 0.162. The molecule has 0 aliphatic carbocycles. The van der Waals surface area contributed by atoms with E-state index in [-0.39, 0.29) is 5.76 Å². The van der Waals surface area contributed by atoms with Crippen molar-refractivity contribution in [2.24, 2.45) is 0 Å². The molecule has 0 amide bonds. The van der Waals surface area contributed by atoms with E-state index in [0.717, 1.165) is 11.1 Å². The molecule has 0 N–H and O–H groups in total. The van der Waals surface area contributed by atoms with Gasteiger partial charge in [-0.05, 0) is 45.4 Å². The van der Waals surface area contributed by atoms with Gasteiger partial charge in [0.25, 0.3) is 0 Å². The van der Waals surface area contributed by atoms with Crippen LogP contribution in [0.2, 0.25) is 10.0 Å². The number of aryl methyl sites for hydroxylation is 1. The van der Waals surface area contributed by atoms with E-state index >= 15 is 0 Å². The second-order valence-corrected chi connectivity index (χ2v) is 5.88. The molecule has 0 saturated heterocycles. The first-order chi connectivity index (χ1) is 8.71. The van der Waals surface area contributed by atoms with Crippen LogP contribution in [0.4, 0.5) is 4.39 Å². The maximum absolute atomic E-state index is 14.0. The Bertz CT molecular complexity index is 606. The van der Waals surface area contributed by atoms with Gasteiger partial charge in [0.2, 0.25) is 0 Å². The van der Waals surface area contributed by atoms with Gasteiger partial charge in [-0.25, -0.2) is 4.39 Å². The number of alkyl halides is 1. The topological polar surface area (TPSA) is 26.0 Å². The standard InChI is InChI=1S/C14H14Cl2FNO/c1-7-5-9(15)6-10(16)11(7)12-8(2)13(19-18-12)14(3,4)17/h5-6H,1-4H3. The van der Waals surface area contributed by atoms with Crippen LogP contribution in [0, 0.1) is 13.8 Å². The lowest BCUT2D eigenvalue weighted by Crippen LogP contribution is -2.09. The van der Waals surface area contributed by atoms with Gasteiger partial charge >= 0.3 is 0 Å². The van der Waals surface area contributed by atoms with Crippen LogP contribution >= 0.6 is 23.2 Å². The number of rotatable bonds is 2. The Morgan fingerprint density at radius 2 is 1.84 bits per heavy atom. The first-order valence-electron chi connectivity index (χ1n) is 5.83. The Balaban J connectivity index is 2.65. The fraction of sp³-hybridized carbons (Fsp3) is 0.357. The minimum atomic E-state index is -1.58. The monoisotopic (exact) mass is 301 g/mol. The zero-order valence-electron chi connectivity index (χ0n) is 11.1. The lowest BCUT2D eigenvalue weighted by atomic mass is 9.98. The zero-order chi connectivity index (χ0) is 14.4. The summed E-state index contributed by atoms with van der Waals surface area (Å²) in [5.74, 6) is 0.216. The molecule has 2 rings (SSSR count). The van der Waals surface area contributed by atoms with Gasteiger partial charge < -0.3 is 4.52 Å². The molecule has 0 fully saturated rings. The summed E-state index contributed by atoms with van der Waals surface area (Å²) in [4.78, 5) is 0. The molecule has 0 aliphatic rings. The van der Waals surface area contributed by atoms with Crippen molar-refractivity contribution >= 4 is 23.2 Å². The Morgan fingerprint density at radius 1 is 1.21 bits per heavy atom. The number of halogens is 3. The molecule has 102 valence electrons. The fourth-order valence-corrected chi connectivity index (χ4v) is 2.81. The third-order valence-electron chi connectivity index (χ3n) is 2.95. The van der Waals surface area contributed by atoms with Crippen LogP contribution in [-0.4, -0.2) is 5.16 Å². The van der Waals surface area contributed by atoms with Crippen LogP contribution in [0.3, 0.4) is 0 Å². The molecule has 1 aromatic carbocycles. The molecule has 1 heterocycles. The number of benzene rings is 1. The van der Waals surface area contributed by atoms with Crippen LogP contribution in [0.25, 0.3) is 11.3 Å². The average Bonchev–Trinajstić information content (AvgIpc) is 2.58. The molecule has 2 aromatic rings. The molecule has 0 atom stereocenters. The van der Waals surface area contributed by atoms with Crippen molar-refractivity contribution in [2.45, 2.75) is 33.4 Å². The van der Waals surface area contributed by atoms with E-state index in [1.54, 1.807) is 19.1 Å². The van der Waals surface area contributed by atoms with E-state index < -0.39 is 5.67 Å². The summed E-state index contributed by atoms with van der Waals surface area (Å²) in [5.41, 5.74) is 1.22. The SMILES string of the molecule is Cc1cc(Cl)cc(Cl)c1-c1noc(C(C)(C)F)c1C. The largest absolute Gasteiger partial charge is 0.357 e. The first-order valence-corrected chi connectivity index (χ1v) is 6.59. The third kappa shape index (κ3) is 2.63. The highest BCUT2D eigenvalue weighted by molar-refractivity contribution is 6.36. The van der Waals surface area contributed by atoms with Gasteiger partial charge in [0.15, 0.2) is 11.4 Å². The number of nitrogens with zero attached hydrogens (tertiary/aromatic N) is 1. The second kappa shape index (κ2) is 4.80. The summed E-state index contributed by atoms with van der Waals surface area (Å²) in [6.45, 7) is 6.51. The molecule has 0 spiro atoms. The van der Waals surface area contributed by atoms with Crippen LogP contribution in [0.1, 0.15) is 30.7 Å². The molecule has 19 heavy (non-hydrogen) atoms. The molecule has 0 aliphatic heterocycles. The van der Waals surface area contributed by atoms with E-state index in [1.807, 2.05) is 6.92 Å². The van der Waals surface area contributed by atoms with Gasteiger partial charge in [-0.3, -0.25) is 0 Å². The Labute approximate surface area is 121 Å². The number of aromatic nitrogens is 1. The van der Waals surface area contributed by atoms with Crippen LogP contribution < -0.4 is 0 Å². The lowest BCUT2D eigenvalue weighted by Gasteiger charge is -2.11. The van der Waals surface area contributed by atoms with Crippen molar-refractivity contribution in [1.82, 2.24) is 5.16 Å². The van der Waals surface area contributed by atoms with Crippen molar-refractivity contribution in [3.63, 3.8) is 0 Å². The Morgan fingerprint density at radius 3 is 2.32 bits per heavy atom. The van der Waals surface area contributed by atoms with E-state index in [2.05, 4.69) is 5.16 Å². The van der Waals surface area contributed by atoms with Crippen molar-refractivity contribution in [3.05, 3.63) is 39.1 Å². The number of hydrogen-bond acceptors (Lipinski definition) is 2. The fourth-order valence-electron chi connectivity index (χ4n) is 2.13. The van der Waals surface area contributed by atoms with Gasteiger partial charge in [-0.2, -0.15) is 0 Å². The minimum Gasteiger partial charge on any atom is -0.357 e. The molecule has 0 radical (unpaired) electrons. The highest BCUT2D eigenvalue weighted by Crippen LogP contribution is 2.38. The summed E-state index contributed by atoms with van der Waals surface area (Å²) in [6, 6.07) is 3.43. The molecule has 0 saturated carbocycles. The third-order valence-corrected chi connectivity index (χ3v) is 3.47. The summed E-state index contributed by atoms with van der Waals surface area (Å²) < 4.78 is 19.1. The van der Waals surface area contributed by atoms with Gasteiger partial charge in [0.1, 0.15) is 5.69 Å². The average molecular weight is 302 g/mol. The molecule has 0 bridgehead atoms. The molecular weight excluding hydrogens is 288 g/mol. The smallest absolute Gasteiger partial charge is 0.176 e. The quantitative estimate of drug-likeness (QED) is 0.735. The summed E-state index contributed by atoms with van der Waals surface area (Å²) >= 11 is 12.1. The highest BCUT2D eigenvalue weighted by atomic mass is 35.5. The van der Waals surface area contributed by atoms with E-state index in [9.17, 15) is 4.39 Å². The van der Waals surface area contributed by atoms with Gasteiger partial charge in [0.05, 0.1) is 5.02 Å². The van der Waals surface area contributed by atoms with E-state index in [0.29, 0.717) is 21.3 Å². The maximum atomic E-state index is 14.0. The normalized spacial score (nSPS) is 11.9. The predicted molar refractivity (Wildman–Crippen MR) is 75.6 cm³/mol. The zero-order valence-corrected chi connectivity index (χ0v) is 12.7. The highest BCUT2D eigenvalue weighted by Gasteiger charge is 2.29. The van der Waals surface area contributed by atoms with Gasteiger partial charge in [-0.15, -0.1) is 0 Å². The summed E-state index contributed by atoms with van der Waals surface area (Å²) in [5, 5.41) is 4.99. The number of hydrogen-bond donors (Lipinski definition) is 0. The predicted octanol–water partition coefficient (Wildman–Crippen LogP) is 5.47. The molecule has 0 unspecified atom stereocenters. The first kappa shape index (κ1) is 14.4. The minimum absolute atomic E-state index is 0.216. The van der Waals surface area contributed by atoms with Gasteiger partial charge in [0, 0.05) is 16.1 Å². The second-order valence-electron chi connectivity index (χ2n) is 5.04.